The molecule has 1 atom stereocenters. The Morgan fingerprint density at radius 1 is 1.20 bits per heavy atom. The lowest BCUT2D eigenvalue weighted by Crippen LogP contribution is -2.00. The van der Waals surface area contributed by atoms with Crippen LogP contribution in [-0.4, -0.2) is 13.7 Å². The SMILES string of the molecule is COc1ccc(POCC(C)C)cc1.Cl. The van der Waals surface area contributed by atoms with Crippen LogP contribution in [0.4, 0.5) is 0 Å². The predicted molar refractivity (Wildman–Crippen MR) is 69.0 cm³/mol. The van der Waals surface area contributed by atoms with E-state index >= 15 is 0 Å². The summed E-state index contributed by atoms with van der Waals surface area (Å²) in [6, 6.07) is 8.00. The van der Waals surface area contributed by atoms with Gasteiger partial charge in [0.15, 0.2) is 0 Å². The Bertz CT molecular complexity index is 262. The molecule has 0 N–H and O–H groups in total. The first kappa shape index (κ1) is 14.7. The fraction of sp³-hybridized carbons (Fsp3) is 0.455. The van der Waals surface area contributed by atoms with Crippen molar-refractivity contribution < 1.29 is 9.26 Å². The second-order valence-corrected chi connectivity index (χ2v) is 4.61. The Morgan fingerprint density at radius 2 is 1.80 bits per heavy atom. The lowest BCUT2D eigenvalue weighted by atomic mass is 10.2. The lowest BCUT2D eigenvalue weighted by molar-refractivity contribution is 0.309. The summed E-state index contributed by atoms with van der Waals surface area (Å²) < 4.78 is 10.6. The maximum Gasteiger partial charge on any atom is 0.118 e. The van der Waals surface area contributed by atoms with Gasteiger partial charge in [0.2, 0.25) is 0 Å². The van der Waals surface area contributed by atoms with E-state index in [0.29, 0.717) is 14.7 Å². The van der Waals surface area contributed by atoms with Crippen molar-refractivity contribution in [1.82, 2.24) is 0 Å². The van der Waals surface area contributed by atoms with Crippen LogP contribution in [0.3, 0.4) is 0 Å². The maximum absolute atomic E-state index is 5.54. The van der Waals surface area contributed by atoms with E-state index in [1.807, 2.05) is 24.3 Å². The average Bonchev–Trinajstić information content (AvgIpc) is 2.18. The Morgan fingerprint density at radius 3 is 2.27 bits per heavy atom. The summed E-state index contributed by atoms with van der Waals surface area (Å²) in [6.45, 7) is 5.13. The number of hydrogen-bond donors (Lipinski definition) is 0. The molecule has 0 radical (unpaired) electrons. The highest BCUT2D eigenvalue weighted by molar-refractivity contribution is 7.41. The van der Waals surface area contributed by atoms with E-state index in [4.69, 9.17) is 9.26 Å². The first-order valence-electron chi connectivity index (χ1n) is 4.74. The Labute approximate surface area is 99.6 Å². The van der Waals surface area contributed by atoms with Gasteiger partial charge >= 0.3 is 0 Å². The van der Waals surface area contributed by atoms with Crippen LogP contribution >= 0.6 is 21.2 Å². The van der Waals surface area contributed by atoms with Crippen LogP contribution in [0.15, 0.2) is 24.3 Å². The standard InChI is InChI=1S/C11H17O2P.ClH/c1-9(2)8-13-14-11-6-4-10(12-3)5-7-11;/h4-7,9,14H,8H2,1-3H3;1H. The van der Waals surface area contributed by atoms with E-state index in [-0.39, 0.29) is 12.4 Å². The molecule has 4 heteroatoms. The molecular weight excluding hydrogens is 231 g/mol. The number of hydrogen-bond acceptors (Lipinski definition) is 2. The topological polar surface area (TPSA) is 18.5 Å². The first-order chi connectivity index (χ1) is 6.72. The van der Waals surface area contributed by atoms with Crippen molar-refractivity contribution in [3.8, 4) is 5.75 Å². The molecule has 0 bridgehead atoms. The Hall–Kier alpha value is -0.300. The van der Waals surface area contributed by atoms with Crippen LogP contribution in [0, 0.1) is 5.92 Å². The lowest BCUT2D eigenvalue weighted by Gasteiger charge is -2.06. The van der Waals surface area contributed by atoms with Crippen LogP contribution in [0.25, 0.3) is 0 Å². The highest BCUT2D eigenvalue weighted by Gasteiger charge is 1.96. The molecule has 0 spiro atoms. The van der Waals surface area contributed by atoms with Gasteiger partial charge in [-0.2, -0.15) is 0 Å². The fourth-order valence-electron chi connectivity index (χ4n) is 0.951. The third-order valence-electron chi connectivity index (χ3n) is 1.70. The Balaban J connectivity index is 0.00000196. The van der Waals surface area contributed by atoms with Gasteiger partial charge in [-0.15, -0.1) is 12.4 Å². The molecule has 1 unspecified atom stereocenters. The molecule has 0 aromatic heterocycles. The van der Waals surface area contributed by atoms with Gasteiger partial charge in [0.25, 0.3) is 0 Å². The number of methoxy groups -OCH3 is 1. The van der Waals surface area contributed by atoms with Crippen LogP contribution in [0.1, 0.15) is 13.8 Å². The Kier molecular flexibility index (Phi) is 7.76. The molecule has 1 aromatic carbocycles. The van der Waals surface area contributed by atoms with Gasteiger partial charge in [-0.3, -0.25) is 0 Å². The van der Waals surface area contributed by atoms with E-state index in [0.717, 1.165) is 12.4 Å². The molecular formula is C11H18ClO2P. The van der Waals surface area contributed by atoms with Gasteiger partial charge in [0, 0.05) is 8.81 Å². The first-order valence-corrected chi connectivity index (χ1v) is 5.65. The smallest absolute Gasteiger partial charge is 0.118 e. The zero-order valence-corrected chi connectivity index (χ0v) is 11.1. The molecule has 1 rings (SSSR count). The summed E-state index contributed by atoms with van der Waals surface area (Å²) in [6.07, 6.45) is 0. The molecule has 0 saturated heterocycles. The minimum atomic E-state index is 0. The molecule has 0 aliphatic rings. The van der Waals surface area contributed by atoms with Crippen molar-refractivity contribution in [2.24, 2.45) is 5.92 Å². The average molecular weight is 249 g/mol. The molecule has 0 saturated carbocycles. The molecule has 0 fully saturated rings. The van der Waals surface area contributed by atoms with Gasteiger partial charge in [0.05, 0.1) is 13.7 Å². The van der Waals surface area contributed by atoms with Crippen LogP contribution in [0.2, 0.25) is 0 Å². The number of ether oxygens (including phenoxy) is 1. The molecule has 0 aliphatic carbocycles. The predicted octanol–water partition coefficient (Wildman–Crippen LogP) is 3.01. The molecule has 0 heterocycles. The van der Waals surface area contributed by atoms with Gasteiger partial charge in [-0.1, -0.05) is 13.8 Å². The number of benzene rings is 1. The van der Waals surface area contributed by atoms with E-state index in [9.17, 15) is 0 Å². The summed E-state index contributed by atoms with van der Waals surface area (Å²) in [5, 5.41) is 1.21. The largest absolute Gasteiger partial charge is 0.497 e. The summed E-state index contributed by atoms with van der Waals surface area (Å²) in [4.78, 5) is 0. The monoisotopic (exact) mass is 248 g/mol. The summed E-state index contributed by atoms with van der Waals surface area (Å²) in [7, 11) is 2.11. The van der Waals surface area contributed by atoms with E-state index in [2.05, 4.69) is 13.8 Å². The van der Waals surface area contributed by atoms with Gasteiger partial charge in [0.1, 0.15) is 5.75 Å². The van der Waals surface area contributed by atoms with E-state index in [1.165, 1.54) is 5.30 Å². The summed E-state index contributed by atoms with van der Waals surface area (Å²) in [5.41, 5.74) is 0. The quantitative estimate of drug-likeness (QED) is 0.746. The van der Waals surface area contributed by atoms with Crippen LogP contribution < -0.4 is 10.0 Å². The minimum absolute atomic E-state index is 0. The highest BCUT2D eigenvalue weighted by Crippen LogP contribution is 2.16. The highest BCUT2D eigenvalue weighted by atomic mass is 35.5. The maximum atomic E-state index is 5.54. The molecule has 2 nitrogen and oxygen atoms in total. The fourth-order valence-corrected chi connectivity index (χ4v) is 1.84. The van der Waals surface area contributed by atoms with Crippen LogP contribution in [-0.2, 0) is 4.52 Å². The van der Waals surface area contributed by atoms with Gasteiger partial charge < -0.3 is 9.26 Å². The van der Waals surface area contributed by atoms with E-state index in [1.54, 1.807) is 7.11 Å². The van der Waals surface area contributed by atoms with Crippen molar-refractivity contribution >= 4 is 26.5 Å². The van der Waals surface area contributed by atoms with Crippen molar-refractivity contribution in [2.45, 2.75) is 13.8 Å². The molecule has 15 heavy (non-hydrogen) atoms. The van der Waals surface area contributed by atoms with Gasteiger partial charge in [-0.05, 0) is 35.5 Å². The molecule has 0 aliphatic heterocycles. The number of halogens is 1. The van der Waals surface area contributed by atoms with E-state index < -0.39 is 0 Å². The van der Waals surface area contributed by atoms with Crippen molar-refractivity contribution in [1.29, 1.82) is 0 Å². The van der Waals surface area contributed by atoms with Crippen molar-refractivity contribution in [3.63, 3.8) is 0 Å². The van der Waals surface area contributed by atoms with Gasteiger partial charge in [-0.25, -0.2) is 0 Å². The van der Waals surface area contributed by atoms with Crippen molar-refractivity contribution in [3.05, 3.63) is 24.3 Å². The third kappa shape index (κ3) is 5.99. The number of rotatable bonds is 5. The normalized spacial score (nSPS) is 10.7. The minimum Gasteiger partial charge on any atom is -0.497 e. The third-order valence-corrected chi connectivity index (χ3v) is 2.58. The van der Waals surface area contributed by atoms with Crippen LogP contribution in [0.5, 0.6) is 5.75 Å². The van der Waals surface area contributed by atoms with Crippen molar-refractivity contribution in [2.75, 3.05) is 13.7 Å². The summed E-state index contributed by atoms with van der Waals surface area (Å²) in [5.74, 6) is 1.49. The zero-order valence-electron chi connectivity index (χ0n) is 9.32. The zero-order chi connectivity index (χ0) is 10.4. The molecule has 1 aromatic rings. The second-order valence-electron chi connectivity index (χ2n) is 3.54. The molecule has 0 amide bonds. The molecule has 86 valence electrons. The summed E-state index contributed by atoms with van der Waals surface area (Å²) >= 11 is 0. The second kappa shape index (κ2) is 7.92.